The van der Waals surface area contributed by atoms with Crippen LogP contribution in [0.25, 0.3) is 10.8 Å². The van der Waals surface area contributed by atoms with Crippen LogP contribution < -0.4 is 11.1 Å². The number of hydrogen-bond donors (Lipinski definition) is 2. The molecular formula is C55H60N2O11. The molecule has 3 saturated heterocycles. The van der Waals surface area contributed by atoms with Crippen molar-refractivity contribution in [2.24, 2.45) is 5.73 Å². The lowest BCUT2D eigenvalue weighted by Crippen LogP contribution is -2.68. The summed E-state index contributed by atoms with van der Waals surface area (Å²) in [4.78, 5) is 13.2. The maximum absolute atomic E-state index is 13.2. The van der Waals surface area contributed by atoms with E-state index < -0.39 is 73.6 Å². The highest BCUT2D eigenvalue weighted by atomic mass is 16.8. The number of carbonyl (C=O) groups excluding carboxylic acids is 1. The molecule has 11 unspecified atom stereocenters. The fourth-order valence-corrected chi connectivity index (χ4v) is 8.94. The van der Waals surface area contributed by atoms with Gasteiger partial charge in [0.1, 0.15) is 42.7 Å². The first-order valence-electron chi connectivity index (χ1n) is 23.4. The number of esters is 1. The number of rotatable bonds is 20. The first kappa shape index (κ1) is 47.5. The highest BCUT2D eigenvalue weighted by Gasteiger charge is 2.56. The number of anilines is 1. The summed E-state index contributed by atoms with van der Waals surface area (Å²) in [6.45, 7) is 2.99. The van der Waals surface area contributed by atoms with Crippen LogP contribution in [-0.2, 0) is 72.0 Å². The van der Waals surface area contributed by atoms with Crippen molar-refractivity contribution in [2.75, 3.05) is 31.7 Å². The monoisotopic (exact) mass is 924 g/mol. The van der Waals surface area contributed by atoms with Crippen LogP contribution in [0.4, 0.5) is 5.69 Å². The number of para-hydroxylation sites is 1. The Morgan fingerprint density at radius 1 is 0.632 bits per heavy atom. The van der Waals surface area contributed by atoms with Crippen LogP contribution in [-0.4, -0.2) is 93.7 Å². The summed E-state index contributed by atoms with van der Waals surface area (Å²) in [5.41, 5.74) is 10.5. The minimum absolute atomic E-state index is 0.0391. The van der Waals surface area contributed by atoms with Crippen molar-refractivity contribution in [1.29, 1.82) is 0 Å². The molecule has 3 N–H and O–H groups in total. The Labute approximate surface area is 397 Å². The van der Waals surface area contributed by atoms with Gasteiger partial charge in [0.05, 0.1) is 39.6 Å². The Hall–Kier alpha value is -5.55. The zero-order valence-electron chi connectivity index (χ0n) is 38.2. The SMILES string of the molecule is CC(=O)OC1C(COCc2ccccc2)OC(OCCCN)C(OCc2ccccc2)C1OC1OC2COC(c3ccc4ccccc4c3)OC2C(OCc2ccccc2)C1Nc1ccccc1. The highest BCUT2D eigenvalue weighted by molar-refractivity contribution is 5.83. The lowest BCUT2D eigenvalue weighted by atomic mass is 9.93. The van der Waals surface area contributed by atoms with Gasteiger partial charge in [-0.2, -0.15) is 0 Å². The van der Waals surface area contributed by atoms with E-state index in [1.807, 2.05) is 140 Å². The minimum Gasteiger partial charge on any atom is -0.457 e. The molecular weight excluding hydrogens is 865 g/mol. The van der Waals surface area contributed by atoms with Crippen molar-refractivity contribution < 1.29 is 52.2 Å². The van der Waals surface area contributed by atoms with Gasteiger partial charge in [-0.25, -0.2) is 0 Å². The second-order valence-electron chi connectivity index (χ2n) is 17.2. The lowest BCUT2D eigenvalue weighted by molar-refractivity contribution is -0.375. The molecule has 13 nitrogen and oxygen atoms in total. The number of ether oxygens (including phenoxy) is 10. The van der Waals surface area contributed by atoms with E-state index in [9.17, 15) is 4.79 Å². The summed E-state index contributed by atoms with van der Waals surface area (Å²) in [7, 11) is 0. The zero-order chi connectivity index (χ0) is 46.5. The topological polar surface area (TPSA) is 147 Å². The van der Waals surface area contributed by atoms with Crippen molar-refractivity contribution in [1.82, 2.24) is 0 Å². The van der Waals surface area contributed by atoms with Crippen molar-refractivity contribution in [2.45, 2.75) is 101 Å². The van der Waals surface area contributed by atoms with Gasteiger partial charge in [-0.1, -0.05) is 146 Å². The van der Waals surface area contributed by atoms with Crippen LogP contribution in [0.15, 0.2) is 164 Å². The van der Waals surface area contributed by atoms with Gasteiger partial charge >= 0.3 is 5.97 Å². The molecule has 68 heavy (non-hydrogen) atoms. The molecule has 9 rings (SSSR count). The molecule has 11 atom stereocenters. The van der Waals surface area contributed by atoms with Gasteiger partial charge in [-0.3, -0.25) is 4.79 Å². The van der Waals surface area contributed by atoms with E-state index in [2.05, 4.69) is 29.6 Å². The molecule has 3 aliphatic heterocycles. The lowest BCUT2D eigenvalue weighted by Gasteiger charge is -2.52. The maximum Gasteiger partial charge on any atom is 0.303 e. The summed E-state index contributed by atoms with van der Waals surface area (Å²) >= 11 is 0. The molecule has 0 aromatic heterocycles. The normalized spacial score (nSPS) is 27.0. The molecule has 0 bridgehead atoms. The van der Waals surface area contributed by atoms with Crippen LogP contribution in [0.3, 0.4) is 0 Å². The molecule has 356 valence electrons. The van der Waals surface area contributed by atoms with Gasteiger partial charge in [0, 0.05) is 18.2 Å². The van der Waals surface area contributed by atoms with Crippen molar-refractivity contribution in [3.63, 3.8) is 0 Å². The average molecular weight is 925 g/mol. The van der Waals surface area contributed by atoms with E-state index in [-0.39, 0.29) is 33.0 Å². The summed E-state index contributed by atoms with van der Waals surface area (Å²) in [6.07, 6.45) is -8.01. The summed E-state index contributed by atoms with van der Waals surface area (Å²) < 4.78 is 67.3. The quantitative estimate of drug-likeness (QED) is 0.0560. The molecule has 0 radical (unpaired) electrons. The number of nitrogens with two attached hydrogens (primary N) is 1. The Balaban J connectivity index is 1.09. The molecule has 6 aromatic carbocycles. The largest absolute Gasteiger partial charge is 0.457 e. The van der Waals surface area contributed by atoms with Gasteiger partial charge in [-0.15, -0.1) is 0 Å². The van der Waals surface area contributed by atoms with E-state index in [1.54, 1.807) is 0 Å². The second-order valence-corrected chi connectivity index (χ2v) is 17.2. The molecule has 3 fully saturated rings. The van der Waals surface area contributed by atoms with Crippen molar-refractivity contribution in [3.05, 3.63) is 186 Å². The predicted octanol–water partition coefficient (Wildman–Crippen LogP) is 8.25. The fourth-order valence-electron chi connectivity index (χ4n) is 8.94. The smallest absolute Gasteiger partial charge is 0.303 e. The number of carbonyl (C=O) groups is 1. The summed E-state index contributed by atoms with van der Waals surface area (Å²) in [5.74, 6) is -0.536. The minimum atomic E-state index is -1.07. The van der Waals surface area contributed by atoms with Crippen molar-refractivity contribution in [3.8, 4) is 0 Å². The molecule has 0 spiro atoms. The summed E-state index contributed by atoms with van der Waals surface area (Å²) in [5, 5.41) is 5.91. The summed E-state index contributed by atoms with van der Waals surface area (Å²) in [6, 6.07) is 53.1. The zero-order valence-corrected chi connectivity index (χ0v) is 38.2. The number of nitrogens with one attached hydrogen (secondary N) is 1. The Morgan fingerprint density at radius 3 is 1.91 bits per heavy atom. The predicted molar refractivity (Wildman–Crippen MR) is 255 cm³/mol. The van der Waals surface area contributed by atoms with Crippen LogP contribution >= 0.6 is 0 Å². The third kappa shape index (κ3) is 12.2. The molecule has 3 aliphatic rings. The van der Waals surface area contributed by atoms with Crippen molar-refractivity contribution >= 4 is 22.4 Å². The van der Waals surface area contributed by atoms with Gasteiger partial charge in [-0.05, 0) is 58.6 Å². The van der Waals surface area contributed by atoms with Crippen LogP contribution in [0, 0.1) is 0 Å². The first-order valence-corrected chi connectivity index (χ1v) is 23.4. The molecule has 0 saturated carbocycles. The third-order valence-corrected chi connectivity index (χ3v) is 12.3. The molecule has 13 heteroatoms. The van der Waals surface area contributed by atoms with E-state index in [1.165, 1.54) is 6.92 Å². The Morgan fingerprint density at radius 2 is 1.25 bits per heavy atom. The van der Waals surface area contributed by atoms with Gasteiger partial charge < -0.3 is 58.4 Å². The number of hydrogen-bond acceptors (Lipinski definition) is 13. The second kappa shape index (κ2) is 23.6. The molecule has 0 aliphatic carbocycles. The number of benzene rings is 6. The van der Waals surface area contributed by atoms with Gasteiger partial charge in [0.25, 0.3) is 0 Å². The Bertz CT molecular complexity index is 2450. The van der Waals surface area contributed by atoms with E-state index in [4.69, 9.17) is 53.1 Å². The van der Waals surface area contributed by atoms with Crippen LogP contribution in [0.2, 0.25) is 0 Å². The van der Waals surface area contributed by atoms with E-state index >= 15 is 0 Å². The van der Waals surface area contributed by atoms with E-state index in [0.717, 1.165) is 38.7 Å². The Kier molecular flexibility index (Phi) is 16.5. The molecule has 0 amide bonds. The fraction of sp³-hybridized carbons (Fsp3) is 0.364. The average Bonchev–Trinajstić information content (AvgIpc) is 3.37. The first-order chi connectivity index (χ1) is 33.5. The van der Waals surface area contributed by atoms with E-state index in [0.29, 0.717) is 19.6 Å². The molecule has 6 aromatic rings. The van der Waals surface area contributed by atoms with Crippen LogP contribution in [0.5, 0.6) is 0 Å². The number of fused-ring (bicyclic) bond motifs is 2. The standard InChI is InChI=1S/C55H60N2O11/c1-37(58)64-49-45(35-59-32-38-17-6-2-7-18-38)66-55(60-30-16-29-56)52(62-34-40-21-10-4-11-22-40)51(49)68-54-47(57-44-25-12-5-13-26-44)50(61-33-39-19-8-3-9-20-39)48-46(65-54)36-63-53(67-48)43-28-27-41-23-14-15-24-42(41)31-43/h2-15,17-28,31,45-55,57H,16,29-30,32-36,56H2,1H3. The molecule has 3 heterocycles. The van der Waals surface area contributed by atoms with Crippen LogP contribution in [0.1, 0.15) is 41.9 Å². The van der Waals surface area contributed by atoms with Gasteiger partial charge in [0.2, 0.25) is 0 Å². The third-order valence-electron chi connectivity index (χ3n) is 12.3. The van der Waals surface area contributed by atoms with Gasteiger partial charge in [0.15, 0.2) is 25.0 Å². The highest BCUT2D eigenvalue weighted by Crippen LogP contribution is 2.40. The maximum atomic E-state index is 13.2.